The third kappa shape index (κ3) is 2.84. The Kier molecular flexibility index (Phi) is 3.15. The van der Waals surface area contributed by atoms with Gasteiger partial charge in [-0.3, -0.25) is 0 Å². The summed E-state index contributed by atoms with van der Waals surface area (Å²) in [6, 6.07) is 5.43. The molecular formula is C8H10N2O4S. The minimum absolute atomic E-state index is 0.0536. The molecule has 15 heavy (non-hydrogen) atoms. The van der Waals surface area contributed by atoms with E-state index in [1.165, 1.54) is 24.3 Å². The van der Waals surface area contributed by atoms with Gasteiger partial charge in [0, 0.05) is 5.69 Å². The molecule has 0 atom stereocenters. The molecule has 0 saturated carbocycles. The summed E-state index contributed by atoms with van der Waals surface area (Å²) in [6.45, 7) is 0. The fourth-order valence-electron chi connectivity index (χ4n) is 0.857. The van der Waals surface area contributed by atoms with Crippen LogP contribution >= 0.6 is 0 Å². The van der Waals surface area contributed by atoms with Crippen LogP contribution in [0.15, 0.2) is 29.2 Å². The average Bonchev–Trinajstić information content (AvgIpc) is 2.17. The summed E-state index contributed by atoms with van der Waals surface area (Å²) < 4.78 is 28.8. The van der Waals surface area contributed by atoms with Gasteiger partial charge in [-0.15, -0.1) is 0 Å². The van der Waals surface area contributed by atoms with Gasteiger partial charge < -0.3 is 10.5 Å². The van der Waals surface area contributed by atoms with E-state index in [1.54, 1.807) is 4.72 Å². The Morgan fingerprint density at radius 3 is 2.33 bits per heavy atom. The Hall–Kier alpha value is -1.76. The smallest absolute Gasteiger partial charge is 0.420 e. The van der Waals surface area contributed by atoms with Gasteiger partial charge in [-0.2, -0.15) is 0 Å². The number of rotatable bonds is 2. The van der Waals surface area contributed by atoms with Crippen molar-refractivity contribution in [3.05, 3.63) is 24.3 Å². The highest BCUT2D eigenvalue weighted by molar-refractivity contribution is 7.90. The van der Waals surface area contributed by atoms with Gasteiger partial charge in [0.25, 0.3) is 10.0 Å². The minimum atomic E-state index is -3.87. The van der Waals surface area contributed by atoms with Gasteiger partial charge in [0.1, 0.15) is 0 Å². The molecule has 0 aliphatic carbocycles. The van der Waals surface area contributed by atoms with Gasteiger partial charge in [-0.25, -0.2) is 17.9 Å². The molecule has 6 nitrogen and oxygen atoms in total. The van der Waals surface area contributed by atoms with Crippen LogP contribution in [0.25, 0.3) is 0 Å². The van der Waals surface area contributed by atoms with Crippen molar-refractivity contribution in [1.29, 1.82) is 0 Å². The molecule has 0 aliphatic rings. The number of anilines is 1. The van der Waals surface area contributed by atoms with Gasteiger partial charge >= 0.3 is 6.09 Å². The molecule has 0 unspecified atom stereocenters. The van der Waals surface area contributed by atoms with Crippen LogP contribution in [-0.4, -0.2) is 21.6 Å². The van der Waals surface area contributed by atoms with Crippen LogP contribution < -0.4 is 10.5 Å². The molecular weight excluding hydrogens is 220 g/mol. The van der Waals surface area contributed by atoms with Crippen LogP contribution in [-0.2, 0) is 14.8 Å². The summed E-state index contributed by atoms with van der Waals surface area (Å²) in [5.41, 5.74) is 5.83. The number of nitrogens with two attached hydrogens (primary N) is 1. The Bertz CT molecular complexity index is 452. The first-order valence-corrected chi connectivity index (χ1v) is 5.40. The maximum atomic E-state index is 11.5. The normalized spacial score (nSPS) is 10.7. The van der Waals surface area contributed by atoms with E-state index in [4.69, 9.17) is 5.73 Å². The summed E-state index contributed by atoms with van der Waals surface area (Å²) in [5, 5.41) is 0. The second-order valence-electron chi connectivity index (χ2n) is 2.67. The van der Waals surface area contributed by atoms with Crippen LogP contribution in [0.4, 0.5) is 10.5 Å². The minimum Gasteiger partial charge on any atom is -0.452 e. The fourth-order valence-corrected chi connectivity index (χ4v) is 1.77. The first kappa shape index (κ1) is 11.3. The molecule has 0 aliphatic heterocycles. The molecule has 0 bridgehead atoms. The predicted molar refractivity (Wildman–Crippen MR) is 53.6 cm³/mol. The first-order chi connectivity index (χ1) is 6.95. The monoisotopic (exact) mass is 230 g/mol. The van der Waals surface area contributed by atoms with Gasteiger partial charge in [-0.1, -0.05) is 0 Å². The lowest BCUT2D eigenvalue weighted by Gasteiger charge is -2.05. The van der Waals surface area contributed by atoms with Gasteiger partial charge in [-0.05, 0) is 24.3 Å². The van der Waals surface area contributed by atoms with E-state index in [0.29, 0.717) is 5.69 Å². The summed E-state index contributed by atoms with van der Waals surface area (Å²) in [5.74, 6) is 0. The van der Waals surface area contributed by atoms with E-state index >= 15 is 0 Å². The standard InChI is InChI=1S/C8H10N2O4S/c1-14-8(11)10-15(12,13)7-4-2-6(9)3-5-7/h2-5H,9H2,1H3,(H,10,11). The largest absolute Gasteiger partial charge is 0.452 e. The number of nitrogen functional groups attached to an aromatic ring is 1. The number of carbonyl (C=O) groups is 1. The predicted octanol–water partition coefficient (Wildman–Crippen LogP) is 0.313. The molecule has 3 N–H and O–H groups in total. The topological polar surface area (TPSA) is 98.5 Å². The summed E-state index contributed by atoms with van der Waals surface area (Å²) in [4.78, 5) is 10.7. The average molecular weight is 230 g/mol. The molecule has 0 heterocycles. The van der Waals surface area contributed by atoms with Gasteiger partial charge in [0.15, 0.2) is 0 Å². The highest BCUT2D eigenvalue weighted by atomic mass is 32.2. The molecule has 7 heteroatoms. The van der Waals surface area contributed by atoms with Crippen LogP contribution in [0.2, 0.25) is 0 Å². The van der Waals surface area contributed by atoms with E-state index in [-0.39, 0.29) is 4.90 Å². The van der Waals surface area contributed by atoms with Crippen molar-refractivity contribution in [2.75, 3.05) is 12.8 Å². The Labute approximate surface area is 87.1 Å². The van der Waals surface area contributed by atoms with E-state index in [2.05, 4.69) is 4.74 Å². The third-order valence-corrected chi connectivity index (χ3v) is 2.92. The van der Waals surface area contributed by atoms with Crippen molar-refractivity contribution in [1.82, 2.24) is 4.72 Å². The lowest BCUT2D eigenvalue weighted by molar-refractivity contribution is 0.177. The van der Waals surface area contributed by atoms with E-state index < -0.39 is 16.1 Å². The second-order valence-corrected chi connectivity index (χ2v) is 4.35. The Balaban J connectivity index is 2.96. The summed E-state index contributed by atoms with van der Waals surface area (Å²) in [7, 11) is -2.79. The SMILES string of the molecule is COC(=O)NS(=O)(=O)c1ccc(N)cc1. The van der Waals surface area contributed by atoms with Crippen molar-refractivity contribution < 1.29 is 17.9 Å². The van der Waals surface area contributed by atoms with E-state index in [0.717, 1.165) is 7.11 Å². The highest BCUT2D eigenvalue weighted by Crippen LogP contribution is 2.11. The third-order valence-electron chi connectivity index (χ3n) is 1.59. The molecule has 0 aromatic heterocycles. The van der Waals surface area contributed by atoms with E-state index in [9.17, 15) is 13.2 Å². The van der Waals surface area contributed by atoms with Crippen molar-refractivity contribution in [3.63, 3.8) is 0 Å². The molecule has 82 valence electrons. The molecule has 0 spiro atoms. The number of amides is 1. The number of nitrogens with one attached hydrogen (secondary N) is 1. The first-order valence-electron chi connectivity index (χ1n) is 3.92. The maximum Gasteiger partial charge on any atom is 0.420 e. The fraction of sp³-hybridized carbons (Fsp3) is 0.125. The number of carbonyl (C=O) groups excluding carboxylic acids is 1. The number of hydrogen-bond donors (Lipinski definition) is 2. The molecule has 0 fully saturated rings. The van der Waals surface area contributed by atoms with E-state index in [1.807, 2.05) is 0 Å². The lowest BCUT2D eigenvalue weighted by Crippen LogP contribution is -2.30. The Morgan fingerprint density at radius 2 is 1.87 bits per heavy atom. The highest BCUT2D eigenvalue weighted by Gasteiger charge is 2.17. The molecule has 1 rings (SSSR count). The van der Waals surface area contributed by atoms with Crippen molar-refractivity contribution in [3.8, 4) is 0 Å². The summed E-state index contributed by atoms with van der Waals surface area (Å²) in [6.07, 6.45) is -1.04. The number of methoxy groups -OCH3 is 1. The van der Waals surface area contributed by atoms with Crippen LogP contribution in [0.1, 0.15) is 0 Å². The number of hydrogen-bond acceptors (Lipinski definition) is 5. The summed E-state index contributed by atoms with van der Waals surface area (Å²) >= 11 is 0. The van der Waals surface area contributed by atoms with Crippen LogP contribution in [0.5, 0.6) is 0 Å². The molecule has 1 aromatic carbocycles. The van der Waals surface area contributed by atoms with Crippen LogP contribution in [0.3, 0.4) is 0 Å². The molecule has 1 aromatic rings. The number of ether oxygens (including phenoxy) is 1. The molecule has 0 saturated heterocycles. The van der Waals surface area contributed by atoms with Crippen molar-refractivity contribution in [2.24, 2.45) is 0 Å². The van der Waals surface area contributed by atoms with Crippen molar-refractivity contribution in [2.45, 2.75) is 4.90 Å². The number of sulfonamides is 1. The van der Waals surface area contributed by atoms with Crippen molar-refractivity contribution >= 4 is 21.8 Å². The zero-order valence-electron chi connectivity index (χ0n) is 7.93. The zero-order valence-corrected chi connectivity index (χ0v) is 8.74. The zero-order chi connectivity index (χ0) is 11.5. The Morgan fingerprint density at radius 1 is 1.33 bits per heavy atom. The lowest BCUT2D eigenvalue weighted by atomic mass is 10.3. The van der Waals surface area contributed by atoms with Gasteiger partial charge in [0.05, 0.1) is 12.0 Å². The number of benzene rings is 1. The van der Waals surface area contributed by atoms with Crippen LogP contribution in [0, 0.1) is 0 Å². The quantitative estimate of drug-likeness (QED) is 0.712. The second kappa shape index (κ2) is 4.18. The molecule has 1 amide bonds. The molecule has 0 radical (unpaired) electrons. The van der Waals surface area contributed by atoms with Gasteiger partial charge in [0.2, 0.25) is 0 Å². The maximum absolute atomic E-state index is 11.5.